The van der Waals surface area contributed by atoms with Crippen LogP contribution in [0.1, 0.15) is 50.5 Å². The lowest BCUT2D eigenvalue weighted by Crippen LogP contribution is -2.57. The van der Waals surface area contributed by atoms with Crippen LogP contribution in [0.25, 0.3) is 0 Å². The van der Waals surface area contributed by atoms with Gasteiger partial charge in [0.2, 0.25) is 23.6 Å². The van der Waals surface area contributed by atoms with Crippen LogP contribution in [-0.4, -0.2) is 82.0 Å². The highest BCUT2D eigenvalue weighted by atomic mass is 16.4. The second kappa shape index (κ2) is 14.9. The summed E-state index contributed by atoms with van der Waals surface area (Å²) in [6.45, 7) is 0.843. The van der Waals surface area contributed by atoms with Crippen molar-refractivity contribution in [1.82, 2.24) is 15.5 Å². The molecule has 0 bridgehead atoms. The molecule has 0 spiro atoms. The third kappa shape index (κ3) is 9.30. The molecule has 0 aromatic heterocycles. The normalized spacial score (nSPS) is 17.3. The minimum atomic E-state index is -1.40. The number of phenolic OH excluding ortho intramolecular Hbond substituents is 1. The number of likely N-dealkylation sites (tertiary alicyclic amines) is 1. The number of aliphatic carboxylic acids is 1. The Labute approximate surface area is 221 Å². The molecule has 4 amide bonds. The van der Waals surface area contributed by atoms with Gasteiger partial charge in [0.15, 0.2) is 0 Å². The van der Waals surface area contributed by atoms with Gasteiger partial charge in [0.1, 0.15) is 23.9 Å². The monoisotopic (exact) mass is 534 g/mol. The number of rotatable bonds is 15. The van der Waals surface area contributed by atoms with Crippen LogP contribution in [0.15, 0.2) is 24.3 Å². The van der Waals surface area contributed by atoms with Crippen molar-refractivity contribution in [3.63, 3.8) is 0 Å². The van der Waals surface area contributed by atoms with E-state index in [1.165, 1.54) is 17.0 Å². The van der Waals surface area contributed by atoms with Crippen LogP contribution >= 0.6 is 0 Å². The third-order valence-corrected chi connectivity index (χ3v) is 6.43. The van der Waals surface area contributed by atoms with Crippen LogP contribution in [0, 0.1) is 0 Å². The summed E-state index contributed by atoms with van der Waals surface area (Å²) in [5.41, 5.74) is 17.3. The number of phenols is 1. The molecule has 1 aromatic carbocycles. The lowest BCUT2D eigenvalue weighted by Gasteiger charge is -2.28. The molecule has 13 heteroatoms. The van der Waals surface area contributed by atoms with Gasteiger partial charge in [0.25, 0.3) is 0 Å². The Morgan fingerprint density at radius 3 is 2.32 bits per heavy atom. The molecular formula is C25H38N6O7. The molecule has 0 radical (unpaired) electrons. The second-order valence-electron chi connectivity index (χ2n) is 9.42. The summed E-state index contributed by atoms with van der Waals surface area (Å²) < 4.78 is 0. The van der Waals surface area contributed by atoms with E-state index in [-0.39, 0.29) is 30.9 Å². The number of hydrogen-bond donors (Lipinski definition) is 7. The first-order valence-electron chi connectivity index (χ1n) is 12.7. The first-order chi connectivity index (χ1) is 18.0. The van der Waals surface area contributed by atoms with Crippen molar-refractivity contribution in [3.05, 3.63) is 29.8 Å². The van der Waals surface area contributed by atoms with Crippen molar-refractivity contribution in [2.45, 2.75) is 75.5 Å². The Morgan fingerprint density at radius 2 is 1.71 bits per heavy atom. The van der Waals surface area contributed by atoms with Crippen LogP contribution in [0.3, 0.4) is 0 Å². The van der Waals surface area contributed by atoms with Gasteiger partial charge >= 0.3 is 5.97 Å². The molecule has 1 saturated heterocycles. The number of nitrogens with two attached hydrogens (primary N) is 3. The molecule has 4 unspecified atom stereocenters. The maximum absolute atomic E-state index is 13.3. The number of primary amides is 1. The lowest BCUT2D eigenvalue weighted by molar-refractivity contribution is -0.143. The van der Waals surface area contributed by atoms with Gasteiger partial charge in [-0.15, -0.1) is 0 Å². The predicted octanol–water partition coefficient (Wildman–Crippen LogP) is -1.30. The van der Waals surface area contributed by atoms with E-state index >= 15 is 0 Å². The number of carboxylic acid groups (broad SMARTS) is 1. The predicted molar refractivity (Wildman–Crippen MR) is 137 cm³/mol. The molecule has 1 aromatic rings. The van der Waals surface area contributed by atoms with Crippen LogP contribution in [0.2, 0.25) is 0 Å². The average Bonchev–Trinajstić information content (AvgIpc) is 3.36. The summed E-state index contributed by atoms with van der Waals surface area (Å²) in [5, 5.41) is 24.0. The van der Waals surface area contributed by atoms with Crippen molar-refractivity contribution < 1.29 is 34.2 Å². The van der Waals surface area contributed by atoms with Crippen LogP contribution in [-0.2, 0) is 30.4 Å². The zero-order valence-electron chi connectivity index (χ0n) is 21.3. The average molecular weight is 535 g/mol. The highest BCUT2D eigenvalue weighted by Crippen LogP contribution is 2.20. The molecule has 4 atom stereocenters. The molecule has 210 valence electrons. The van der Waals surface area contributed by atoms with Gasteiger partial charge in [-0.1, -0.05) is 18.6 Å². The van der Waals surface area contributed by atoms with Gasteiger partial charge in [-0.25, -0.2) is 4.79 Å². The maximum Gasteiger partial charge on any atom is 0.326 e. The smallest absolute Gasteiger partial charge is 0.326 e. The number of carbonyl (C=O) groups excluding carboxylic acids is 4. The van der Waals surface area contributed by atoms with E-state index in [1.54, 1.807) is 12.1 Å². The van der Waals surface area contributed by atoms with Gasteiger partial charge in [-0.2, -0.15) is 0 Å². The van der Waals surface area contributed by atoms with Crippen LogP contribution in [0.5, 0.6) is 5.75 Å². The standard InChI is InChI=1S/C25H38N6O7/c26-12-2-1-4-17(27)24(36)31-13-3-5-20(31)23(35)30-19(14-15-6-8-16(32)9-7-15)22(34)29-18(25(37)38)10-11-21(28)33/h6-9,17-20,32H,1-5,10-14,26-27H2,(H2,28,33)(H,29,34)(H,30,35)(H,37,38). The molecule has 1 aliphatic heterocycles. The van der Waals surface area contributed by atoms with Crippen molar-refractivity contribution in [3.8, 4) is 5.75 Å². The van der Waals surface area contributed by atoms with E-state index in [0.29, 0.717) is 44.3 Å². The molecule has 1 heterocycles. The number of unbranched alkanes of at least 4 members (excludes halogenated alkanes) is 1. The van der Waals surface area contributed by atoms with Gasteiger partial charge in [0.05, 0.1) is 6.04 Å². The second-order valence-corrected chi connectivity index (χ2v) is 9.42. The first-order valence-corrected chi connectivity index (χ1v) is 12.7. The van der Waals surface area contributed by atoms with Crippen molar-refractivity contribution >= 4 is 29.6 Å². The van der Waals surface area contributed by atoms with Gasteiger partial charge in [-0.3, -0.25) is 19.2 Å². The first kappa shape index (κ1) is 30.5. The highest BCUT2D eigenvalue weighted by Gasteiger charge is 2.38. The molecule has 10 N–H and O–H groups in total. The summed E-state index contributed by atoms with van der Waals surface area (Å²) in [6, 6.07) is 1.77. The summed E-state index contributed by atoms with van der Waals surface area (Å²) >= 11 is 0. The largest absolute Gasteiger partial charge is 0.508 e. The Hall–Kier alpha value is -3.71. The molecular weight excluding hydrogens is 496 g/mol. The zero-order chi connectivity index (χ0) is 28.2. The maximum atomic E-state index is 13.3. The van der Waals surface area contributed by atoms with Gasteiger partial charge < -0.3 is 42.9 Å². The van der Waals surface area contributed by atoms with Crippen molar-refractivity contribution in [2.24, 2.45) is 17.2 Å². The summed E-state index contributed by atoms with van der Waals surface area (Å²) in [5.74, 6) is -3.75. The molecule has 13 nitrogen and oxygen atoms in total. The lowest BCUT2D eigenvalue weighted by atomic mass is 10.0. The quantitative estimate of drug-likeness (QED) is 0.132. The van der Waals surface area contributed by atoms with Gasteiger partial charge in [-0.05, 0) is 56.3 Å². The highest BCUT2D eigenvalue weighted by molar-refractivity contribution is 5.94. The SMILES string of the molecule is NCCCCC(N)C(=O)N1CCCC1C(=O)NC(Cc1ccc(O)cc1)C(=O)NC(CCC(N)=O)C(=O)O. The molecule has 1 fully saturated rings. The fourth-order valence-electron chi connectivity index (χ4n) is 4.31. The van der Waals surface area contributed by atoms with E-state index in [0.717, 1.165) is 6.42 Å². The minimum Gasteiger partial charge on any atom is -0.508 e. The van der Waals surface area contributed by atoms with Gasteiger partial charge in [0, 0.05) is 19.4 Å². The summed E-state index contributed by atoms with van der Waals surface area (Å²) in [7, 11) is 0. The number of carbonyl (C=O) groups is 5. The fourth-order valence-corrected chi connectivity index (χ4v) is 4.31. The number of amides is 4. The van der Waals surface area contributed by atoms with E-state index in [9.17, 15) is 34.2 Å². The zero-order valence-corrected chi connectivity index (χ0v) is 21.3. The molecule has 2 rings (SSSR count). The Bertz CT molecular complexity index is 987. The summed E-state index contributed by atoms with van der Waals surface area (Å²) in [6.07, 6.45) is 2.34. The molecule has 1 aliphatic rings. The van der Waals surface area contributed by atoms with Crippen LogP contribution in [0.4, 0.5) is 0 Å². The fraction of sp³-hybridized carbons (Fsp3) is 0.560. The minimum absolute atomic E-state index is 0.0130. The van der Waals surface area contributed by atoms with E-state index in [4.69, 9.17) is 17.2 Å². The van der Waals surface area contributed by atoms with Crippen molar-refractivity contribution in [2.75, 3.05) is 13.1 Å². The number of nitrogens with zero attached hydrogens (tertiary/aromatic N) is 1. The Morgan fingerprint density at radius 1 is 1.03 bits per heavy atom. The topological polar surface area (TPSA) is 231 Å². The van der Waals surface area contributed by atoms with E-state index < -0.39 is 47.9 Å². The molecule has 38 heavy (non-hydrogen) atoms. The van der Waals surface area contributed by atoms with Crippen molar-refractivity contribution in [1.29, 1.82) is 0 Å². The number of nitrogens with one attached hydrogen (secondary N) is 2. The number of aromatic hydroxyl groups is 1. The van der Waals surface area contributed by atoms with E-state index in [1.807, 2.05) is 0 Å². The number of carboxylic acids is 1. The van der Waals surface area contributed by atoms with Crippen LogP contribution < -0.4 is 27.8 Å². The number of hydrogen-bond acceptors (Lipinski definition) is 8. The Kier molecular flexibility index (Phi) is 12.0. The molecule has 0 aliphatic carbocycles. The number of benzene rings is 1. The third-order valence-electron chi connectivity index (χ3n) is 6.43. The molecule has 0 saturated carbocycles. The van der Waals surface area contributed by atoms with E-state index in [2.05, 4.69) is 10.6 Å². The Balaban J connectivity index is 2.17. The summed E-state index contributed by atoms with van der Waals surface area (Å²) in [4.78, 5) is 63.5.